The van der Waals surface area contributed by atoms with Crippen LogP contribution in [-0.2, 0) is 9.53 Å². The molecule has 1 heterocycles. The number of benzene rings is 1. The van der Waals surface area contributed by atoms with E-state index in [-0.39, 0.29) is 31.5 Å². The molecule has 1 fully saturated rings. The molecule has 1 unspecified atom stereocenters. The molecule has 1 aromatic carbocycles. The molecule has 3 N–H and O–H groups in total. The van der Waals surface area contributed by atoms with Gasteiger partial charge in [-0.25, -0.2) is 0 Å². The molecule has 0 spiro atoms. The number of hydrogen-bond donors (Lipinski definition) is 3. The van der Waals surface area contributed by atoms with Crippen LogP contribution in [0.1, 0.15) is 18.4 Å². The Morgan fingerprint density at radius 3 is 2.75 bits per heavy atom. The fourth-order valence-corrected chi connectivity index (χ4v) is 2.68. The van der Waals surface area contributed by atoms with Crippen LogP contribution in [0, 0.1) is 6.92 Å². The second-order valence-electron chi connectivity index (χ2n) is 5.94. The summed E-state index contributed by atoms with van der Waals surface area (Å²) < 4.78 is 11.0. The van der Waals surface area contributed by atoms with E-state index < -0.39 is 11.7 Å². The highest BCUT2D eigenvalue weighted by atomic mass is 35.5. The average molecular weight is 359 g/mol. The minimum atomic E-state index is -0.789. The first-order chi connectivity index (χ1) is 11.1. The van der Waals surface area contributed by atoms with Crippen LogP contribution in [0.25, 0.3) is 0 Å². The van der Waals surface area contributed by atoms with Crippen molar-refractivity contribution in [2.75, 3.05) is 33.4 Å². The van der Waals surface area contributed by atoms with Gasteiger partial charge in [-0.15, -0.1) is 12.4 Å². The minimum absolute atomic E-state index is 0. The molecule has 1 saturated heterocycles. The first-order valence-electron chi connectivity index (χ1n) is 7.97. The topological polar surface area (TPSA) is 79.8 Å². The van der Waals surface area contributed by atoms with Crippen molar-refractivity contribution >= 4 is 18.3 Å². The molecule has 0 aromatic heterocycles. The number of aryl methyl sites for hydroxylation is 1. The number of carbonyl (C=O) groups is 1. The van der Waals surface area contributed by atoms with Crippen molar-refractivity contribution in [3.63, 3.8) is 0 Å². The lowest BCUT2D eigenvalue weighted by molar-refractivity contribution is -0.147. The van der Waals surface area contributed by atoms with Crippen molar-refractivity contribution in [1.29, 1.82) is 0 Å². The number of aliphatic hydroxyl groups excluding tert-OH is 1. The molecule has 0 bridgehead atoms. The molecule has 1 aromatic rings. The largest absolute Gasteiger partial charge is 0.491 e. The van der Waals surface area contributed by atoms with Crippen LogP contribution < -0.4 is 15.4 Å². The number of hydrogen-bond acceptors (Lipinski definition) is 5. The van der Waals surface area contributed by atoms with E-state index in [1.54, 1.807) is 7.11 Å². The van der Waals surface area contributed by atoms with Gasteiger partial charge in [0.25, 0.3) is 5.91 Å². The Kier molecular flexibility index (Phi) is 8.48. The number of methoxy groups -OCH3 is 1. The quantitative estimate of drug-likeness (QED) is 0.678. The third-order valence-electron chi connectivity index (χ3n) is 4.15. The standard InChI is InChI=1S/C17H26N2O4.ClH/c1-13-4-3-5-15(10-13)23-12-14(20)11-19-16(21)17(22-2)6-8-18-9-7-17;/h3-5,10,14,18,20H,6-9,11-12H2,1-2H3,(H,19,21);1H. The van der Waals surface area contributed by atoms with Gasteiger partial charge in [-0.3, -0.25) is 4.79 Å². The maximum atomic E-state index is 12.4. The van der Waals surface area contributed by atoms with Crippen molar-refractivity contribution < 1.29 is 19.4 Å². The van der Waals surface area contributed by atoms with Gasteiger partial charge in [0.1, 0.15) is 24.1 Å². The van der Waals surface area contributed by atoms with Crippen LogP contribution in [0.2, 0.25) is 0 Å². The van der Waals surface area contributed by atoms with E-state index in [0.717, 1.165) is 18.7 Å². The Morgan fingerprint density at radius 1 is 1.42 bits per heavy atom. The molecule has 0 saturated carbocycles. The lowest BCUT2D eigenvalue weighted by atomic mass is 9.91. The van der Waals surface area contributed by atoms with E-state index in [1.165, 1.54) is 0 Å². The Bertz CT molecular complexity index is 521. The Balaban J connectivity index is 0.00000288. The van der Waals surface area contributed by atoms with E-state index >= 15 is 0 Å². The van der Waals surface area contributed by atoms with Crippen molar-refractivity contribution in [2.24, 2.45) is 0 Å². The number of amides is 1. The fraction of sp³-hybridized carbons (Fsp3) is 0.588. The smallest absolute Gasteiger partial charge is 0.252 e. The predicted molar refractivity (Wildman–Crippen MR) is 94.8 cm³/mol. The lowest BCUT2D eigenvalue weighted by Crippen LogP contribution is -2.55. The van der Waals surface area contributed by atoms with Crippen molar-refractivity contribution in [1.82, 2.24) is 10.6 Å². The number of ether oxygens (including phenoxy) is 2. The zero-order valence-electron chi connectivity index (χ0n) is 14.2. The molecule has 0 radical (unpaired) electrons. The molecule has 7 heteroatoms. The fourth-order valence-electron chi connectivity index (χ4n) is 2.68. The van der Waals surface area contributed by atoms with Gasteiger partial charge < -0.3 is 25.2 Å². The highest BCUT2D eigenvalue weighted by Crippen LogP contribution is 2.22. The van der Waals surface area contributed by atoms with Crippen LogP contribution >= 0.6 is 12.4 Å². The van der Waals surface area contributed by atoms with E-state index in [9.17, 15) is 9.90 Å². The van der Waals surface area contributed by atoms with E-state index in [1.807, 2.05) is 31.2 Å². The van der Waals surface area contributed by atoms with Gasteiger partial charge in [0.05, 0.1) is 0 Å². The van der Waals surface area contributed by atoms with E-state index in [4.69, 9.17) is 9.47 Å². The van der Waals surface area contributed by atoms with Gasteiger partial charge in [0.15, 0.2) is 0 Å². The summed E-state index contributed by atoms with van der Waals surface area (Å²) >= 11 is 0. The Labute approximate surface area is 149 Å². The third-order valence-corrected chi connectivity index (χ3v) is 4.15. The highest BCUT2D eigenvalue weighted by Gasteiger charge is 2.39. The number of nitrogens with one attached hydrogen (secondary N) is 2. The molecule has 136 valence electrons. The van der Waals surface area contributed by atoms with Crippen LogP contribution in [-0.4, -0.2) is 56.1 Å². The Morgan fingerprint density at radius 2 is 2.12 bits per heavy atom. The van der Waals surface area contributed by atoms with Crippen LogP contribution in [0.15, 0.2) is 24.3 Å². The molecular weight excluding hydrogens is 332 g/mol. The number of halogens is 1. The summed E-state index contributed by atoms with van der Waals surface area (Å²) in [5.41, 5.74) is 0.306. The van der Waals surface area contributed by atoms with E-state index in [0.29, 0.717) is 18.6 Å². The summed E-state index contributed by atoms with van der Waals surface area (Å²) in [5, 5.41) is 16.0. The monoisotopic (exact) mass is 358 g/mol. The second-order valence-corrected chi connectivity index (χ2v) is 5.94. The van der Waals surface area contributed by atoms with E-state index in [2.05, 4.69) is 10.6 Å². The van der Waals surface area contributed by atoms with Crippen molar-refractivity contribution in [2.45, 2.75) is 31.5 Å². The van der Waals surface area contributed by atoms with Crippen molar-refractivity contribution in [3.8, 4) is 5.75 Å². The molecule has 1 aliphatic rings. The highest BCUT2D eigenvalue weighted by molar-refractivity contribution is 5.85. The maximum absolute atomic E-state index is 12.4. The number of carbonyl (C=O) groups excluding carboxylic acids is 1. The molecule has 2 rings (SSSR count). The third kappa shape index (κ3) is 5.63. The summed E-state index contributed by atoms with van der Waals surface area (Å²) in [7, 11) is 1.56. The summed E-state index contributed by atoms with van der Waals surface area (Å²) in [6.07, 6.45) is 0.492. The average Bonchev–Trinajstić information content (AvgIpc) is 2.58. The van der Waals surface area contributed by atoms with Crippen LogP contribution in [0.3, 0.4) is 0 Å². The summed E-state index contributed by atoms with van der Waals surface area (Å²) in [5.74, 6) is 0.540. The zero-order valence-corrected chi connectivity index (χ0v) is 15.0. The molecule has 1 amide bonds. The second kappa shape index (κ2) is 9.84. The van der Waals surface area contributed by atoms with Gasteiger partial charge in [-0.1, -0.05) is 12.1 Å². The van der Waals surface area contributed by atoms with Gasteiger partial charge in [0.2, 0.25) is 0 Å². The van der Waals surface area contributed by atoms with Gasteiger partial charge in [-0.05, 0) is 50.6 Å². The molecular formula is C17H27ClN2O4. The SMILES string of the molecule is COC1(C(=O)NCC(O)COc2cccc(C)c2)CCNCC1.Cl. The normalized spacial score (nSPS) is 17.5. The van der Waals surface area contributed by atoms with Crippen molar-refractivity contribution in [3.05, 3.63) is 29.8 Å². The molecule has 0 aliphatic carbocycles. The number of piperidine rings is 1. The molecule has 24 heavy (non-hydrogen) atoms. The molecule has 6 nitrogen and oxygen atoms in total. The first-order valence-corrected chi connectivity index (χ1v) is 7.97. The summed E-state index contributed by atoms with van der Waals surface area (Å²) in [6, 6.07) is 7.62. The minimum Gasteiger partial charge on any atom is -0.491 e. The number of rotatable bonds is 7. The van der Waals surface area contributed by atoms with Gasteiger partial charge >= 0.3 is 0 Å². The van der Waals surface area contributed by atoms with Crippen LogP contribution in [0.5, 0.6) is 5.75 Å². The molecule has 1 atom stereocenters. The van der Waals surface area contributed by atoms with Gasteiger partial charge in [0, 0.05) is 13.7 Å². The van der Waals surface area contributed by atoms with Crippen LogP contribution in [0.4, 0.5) is 0 Å². The zero-order chi connectivity index (χ0) is 16.7. The predicted octanol–water partition coefficient (Wildman–Crippen LogP) is 1.04. The van der Waals surface area contributed by atoms with Gasteiger partial charge in [-0.2, -0.15) is 0 Å². The first kappa shape index (κ1) is 20.7. The Hall–Kier alpha value is -1.34. The summed E-state index contributed by atoms with van der Waals surface area (Å²) in [4.78, 5) is 12.4. The lowest BCUT2D eigenvalue weighted by Gasteiger charge is -2.35. The number of aliphatic hydroxyl groups is 1. The molecule has 1 aliphatic heterocycles. The summed E-state index contributed by atoms with van der Waals surface area (Å²) in [6.45, 7) is 3.75. The maximum Gasteiger partial charge on any atom is 0.252 e.